The molecular formula is C23H22F2N4O2S. The maximum atomic E-state index is 13.9. The monoisotopic (exact) mass is 456 g/mol. The topological polar surface area (TPSA) is 74.3 Å². The van der Waals surface area contributed by atoms with E-state index in [1.54, 1.807) is 5.38 Å². The normalized spacial score (nSPS) is 16.5. The van der Waals surface area contributed by atoms with Gasteiger partial charge in [-0.2, -0.15) is 0 Å². The zero-order valence-corrected chi connectivity index (χ0v) is 18.0. The van der Waals surface area contributed by atoms with Gasteiger partial charge in [0.05, 0.1) is 18.2 Å². The molecule has 1 fully saturated rings. The Hall–Kier alpha value is -3.17. The summed E-state index contributed by atoms with van der Waals surface area (Å²) < 4.78 is 27.4. The highest BCUT2D eigenvalue weighted by Gasteiger charge is 2.27. The van der Waals surface area contributed by atoms with Gasteiger partial charge in [0.2, 0.25) is 11.8 Å². The number of anilines is 2. The van der Waals surface area contributed by atoms with E-state index < -0.39 is 11.6 Å². The Kier molecular flexibility index (Phi) is 6.87. The first-order valence-electron chi connectivity index (χ1n) is 10.3. The standard InChI is InChI=1S/C23H22F2N4O2S/c24-16-8-9-19(25)18(11-16)20-14-32-23(27-20)28-21(30)13-29-10-4-5-15(12-29)22(31)26-17-6-2-1-3-7-17/h1-3,6-9,11,14-15H,4-5,10,12-13H2,(H,26,31)(H,27,28,30). The third-order valence-corrected chi connectivity index (χ3v) is 6.00. The predicted molar refractivity (Wildman–Crippen MR) is 120 cm³/mol. The van der Waals surface area contributed by atoms with Crippen molar-refractivity contribution in [3.8, 4) is 11.3 Å². The zero-order chi connectivity index (χ0) is 22.5. The van der Waals surface area contributed by atoms with Crippen molar-refractivity contribution in [2.75, 3.05) is 30.3 Å². The molecule has 3 aromatic rings. The summed E-state index contributed by atoms with van der Waals surface area (Å²) in [5.74, 6) is -1.66. The molecule has 1 unspecified atom stereocenters. The van der Waals surface area contributed by atoms with Gasteiger partial charge in [-0.1, -0.05) is 18.2 Å². The van der Waals surface area contributed by atoms with Crippen molar-refractivity contribution in [3.05, 3.63) is 65.5 Å². The number of halogens is 2. The number of hydrogen-bond donors (Lipinski definition) is 2. The first kappa shape index (κ1) is 22.0. The Labute approximate surface area is 188 Å². The van der Waals surface area contributed by atoms with Gasteiger partial charge in [0.25, 0.3) is 0 Å². The Morgan fingerprint density at radius 1 is 1.12 bits per heavy atom. The minimum absolute atomic E-state index is 0.0463. The fourth-order valence-corrected chi connectivity index (χ4v) is 4.42. The molecule has 166 valence electrons. The summed E-state index contributed by atoms with van der Waals surface area (Å²) >= 11 is 1.14. The maximum absolute atomic E-state index is 13.9. The van der Waals surface area contributed by atoms with Gasteiger partial charge in [0.1, 0.15) is 11.6 Å². The van der Waals surface area contributed by atoms with Crippen LogP contribution >= 0.6 is 11.3 Å². The van der Waals surface area contributed by atoms with E-state index in [4.69, 9.17) is 0 Å². The van der Waals surface area contributed by atoms with Gasteiger partial charge >= 0.3 is 0 Å². The molecule has 2 N–H and O–H groups in total. The lowest BCUT2D eigenvalue weighted by molar-refractivity contribution is -0.123. The largest absolute Gasteiger partial charge is 0.326 e. The van der Waals surface area contributed by atoms with E-state index in [0.717, 1.165) is 54.6 Å². The van der Waals surface area contributed by atoms with Crippen LogP contribution in [0.5, 0.6) is 0 Å². The number of amides is 2. The van der Waals surface area contributed by atoms with Crippen LogP contribution in [-0.4, -0.2) is 41.3 Å². The van der Waals surface area contributed by atoms with E-state index in [-0.39, 0.29) is 35.5 Å². The molecule has 0 spiro atoms. The average Bonchev–Trinajstić information content (AvgIpc) is 3.24. The van der Waals surface area contributed by atoms with Crippen molar-refractivity contribution in [3.63, 3.8) is 0 Å². The van der Waals surface area contributed by atoms with Gasteiger partial charge in [-0.3, -0.25) is 14.5 Å². The first-order valence-corrected chi connectivity index (χ1v) is 11.1. The molecule has 2 aromatic carbocycles. The summed E-state index contributed by atoms with van der Waals surface area (Å²) in [6.07, 6.45) is 1.59. The van der Waals surface area contributed by atoms with Crippen molar-refractivity contribution < 1.29 is 18.4 Å². The van der Waals surface area contributed by atoms with E-state index in [1.165, 1.54) is 0 Å². The van der Waals surface area contributed by atoms with Gasteiger partial charge in [0, 0.05) is 23.2 Å². The van der Waals surface area contributed by atoms with Crippen molar-refractivity contribution in [1.82, 2.24) is 9.88 Å². The molecule has 2 amide bonds. The second-order valence-corrected chi connectivity index (χ2v) is 8.50. The fourth-order valence-electron chi connectivity index (χ4n) is 3.69. The smallest absolute Gasteiger partial charge is 0.240 e. The quantitative estimate of drug-likeness (QED) is 0.578. The summed E-state index contributed by atoms with van der Waals surface area (Å²) in [4.78, 5) is 31.2. The molecule has 1 aliphatic heterocycles. The second-order valence-electron chi connectivity index (χ2n) is 7.64. The van der Waals surface area contributed by atoms with Gasteiger partial charge in [-0.15, -0.1) is 11.3 Å². The number of rotatable bonds is 6. The summed E-state index contributed by atoms with van der Waals surface area (Å²) in [5.41, 5.74) is 1.06. The maximum Gasteiger partial charge on any atom is 0.240 e. The summed E-state index contributed by atoms with van der Waals surface area (Å²) in [6, 6.07) is 12.4. The van der Waals surface area contributed by atoms with Crippen LogP contribution in [-0.2, 0) is 9.59 Å². The number of piperidine rings is 1. The van der Waals surface area contributed by atoms with Crippen LogP contribution in [0.4, 0.5) is 19.6 Å². The Morgan fingerprint density at radius 3 is 2.75 bits per heavy atom. The minimum atomic E-state index is -0.581. The average molecular weight is 457 g/mol. The van der Waals surface area contributed by atoms with Crippen LogP contribution in [0.2, 0.25) is 0 Å². The van der Waals surface area contributed by atoms with Crippen molar-refractivity contribution in [2.45, 2.75) is 12.8 Å². The fraction of sp³-hybridized carbons (Fsp3) is 0.261. The first-order chi connectivity index (χ1) is 15.5. The summed E-state index contributed by atoms with van der Waals surface area (Å²) in [5, 5.41) is 7.50. The molecule has 32 heavy (non-hydrogen) atoms. The molecule has 1 aromatic heterocycles. The number of nitrogens with one attached hydrogen (secondary N) is 2. The highest BCUT2D eigenvalue weighted by Crippen LogP contribution is 2.27. The number of thiazole rings is 1. The molecule has 1 atom stereocenters. The SMILES string of the molecule is O=C(CN1CCCC(C(=O)Nc2ccccc2)C1)Nc1nc(-c2cc(F)ccc2F)cs1. The van der Waals surface area contributed by atoms with E-state index in [1.807, 2.05) is 35.2 Å². The van der Waals surface area contributed by atoms with Gasteiger partial charge in [0.15, 0.2) is 5.13 Å². The third-order valence-electron chi connectivity index (χ3n) is 5.24. The Balaban J connectivity index is 1.32. The Bertz CT molecular complexity index is 1110. The van der Waals surface area contributed by atoms with Crippen LogP contribution < -0.4 is 10.6 Å². The molecule has 4 rings (SSSR count). The van der Waals surface area contributed by atoms with Crippen LogP contribution in [0, 0.1) is 17.6 Å². The molecule has 0 saturated carbocycles. The molecule has 6 nitrogen and oxygen atoms in total. The van der Waals surface area contributed by atoms with Crippen LogP contribution in [0.25, 0.3) is 11.3 Å². The summed E-state index contributed by atoms with van der Waals surface area (Å²) in [6.45, 7) is 1.34. The van der Waals surface area contributed by atoms with Gasteiger partial charge in [-0.25, -0.2) is 13.8 Å². The van der Waals surface area contributed by atoms with E-state index in [0.29, 0.717) is 11.7 Å². The molecule has 1 aliphatic rings. The lowest BCUT2D eigenvalue weighted by atomic mass is 9.97. The lowest BCUT2D eigenvalue weighted by Crippen LogP contribution is -2.43. The third kappa shape index (κ3) is 5.54. The second kappa shape index (κ2) is 9.97. The van der Waals surface area contributed by atoms with Crippen LogP contribution in [0.1, 0.15) is 12.8 Å². The van der Waals surface area contributed by atoms with Crippen LogP contribution in [0.15, 0.2) is 53.9 Å². The number of aromatic nitrogens is 1. The summed E-state index contributed by atoms with van der Waals surface area (Å²) in [7, 11) is 0. The Morgan fingerprint density at radius 2 is 1.94 bits per heavy atom. The molecule has 0 radical (unpaired) electrons. The van der Waals surface area contributed by atoms with Crippen molar-refractivity contribution >= 4 is 34.0 Å². The van der Waals surface area contributed by atoms with Crippen LogP contribution in [0.3, 0.4) is 0 Å². The highest BCUT2D eigenvalue weighted by molar-refractivity contribution is 7.14. The molecule has 9 heteroatoms. The van der Waals surface area contributed by atoms with Gasteiger partial charge < -0.3 is 10.6 Å². The number of para-hydroxylation sites is 1. The molecule has 2 heterocycles. The number of carbonyl (C=O) groups is 2. The van der Waals surface area contributed by atoms with E-state index >= 15 is 0 Å². The van der Waals surface area contributed by atoms with E-state index in [9.17, 15) is 18.4 Å². The molecule has 0 aliphatic carbocycles. The number of carbonyl (C=O) groups excluding carboxylic acids is 2. The molecule has 1 saturated heterocycles. The van der Waals surface area contributed by atoms with Crippen molar-refractivity contribution in [1.29, 1.82) is 0 Å². The molecular weight excluding hydrogens is 434 g/mol. The predicted octanol–water partition coefficient (Wildman–Crippen LogP) is 4.38. The number of likely N-dealkylation sites (tertiary alicyclic amines) is 1. The lowest BCUT2D eigenvalue weighted by Gasteiger charge is -2.31. The molecule has 0 bridgehead atoms. The number of nitrogens with zero attached hydrogens (tertiary/aromatic N) is 2. The highest BCUT2D eigenvalue weighted by atomic mass is 32.1. The number of benzene rings is 2. The minimum Gasteiger partial charge on any atom is -0.326 e. The van der Waals surface area contributed by atoms with E-state index in [2.05, 4.69) is 15.6 Å². The zero-order valence-electron chi connectivity index (χ0n) is 17.2. The van der Waals surface area contributed by atoms with Crippen molar-refractivity contribution in [2.24, 2.45) is 5.92 Å². The van der Waals surface area contributed by atoms with Gasteiger partial charge in [-0.05, 0) is 49.7 Å². The number of hydrogen-bond acceptors (Lipinski definition) is 5.